The van der Waals surface area contributed by atoms with Crippen LogP contribution in [0, 0.1) is 13.8 Å². The van der Waals surface area contributed by atoms with E-state index in [0.29, 0.717) is 41.9 Å². The number of aryl methyl sites for hydroxylation is 2. The molecule has 1 aliphatic heterocycles. The fourth-order valence-corrected chi connectivity index (χ4v) is 4.22. The van der Waals surface area contributed by atoms with Gasteiger partial charge in [0.2, 0.25) is 0 Å². The molecular weight excluding hydrogens is 447 g/mol. The van der Waals surface area contributed by atoms with Crippen molar-refractivity contribution < 1.29 is 9.53 Å². The van der Waals surface area contributed by atoms with Gasteiger partial charge in [-0.15, -0.1) is 10.2 Å². The van der Waals surface area contributed by atoms with Crippen LogP contribution < -0.4 is 9.64 Å². The number of amides is 1. The normalized spacial score (nSPS) is 13.9. The molecule has 2 heterocycles. The zero-order chi connectivity index (χ0) is 22.7. The van der Waals surface area contributed by atoms with Crippen molar-refractivity contribution in [2.24, 2.45) is 0 Å². The highest BCUT2D eigenvalue weighted by Gasteiger charge is 2.22. The molecule has 0 N–H and O–H groups in total. The summed E-state index contributed by atoms with van der Waals surface area (Å²) in [5, 5.41) is 9.80. The van der Waals surface area contributed by atoms with E-state index in [4.69, 9.17) is 27.9 Å². The highest BCUT2D eigenvalue weighted by Crippen LogP contribution is 2.29. The lowest BCUT2D eigenvalue weighted by Crippen LogP contribution is -2.50. The fourth-order valence-electron chi connectivity index (χ4n) is 3.71. The molecule has 1 aromatic heterocycles. The second-order valence-corrected chi connectivity index (χ2v) is 8.67. The number of carbonyl (C=O) groups is 1. The lowest BCUT2D eigenvalue weighted by atomic mass is 10.1. The van der Waals surface area contributed by atoms with Crippen molar-refractivity contribution in [3.05, 3.63) is 69.7 Å². The van der Waals surface area contributed by atoms with Crippen LogP contribution in [0.1, 0.15) is 11.1 Å². The quantitative estimate of drug-likeness (QED) is 0.536. The van der Waals surface area contributed by atoms with Crippen molar-refractivity contribution >= 4 is 34.9 Å². The number of hydrogen-bond donors (Lipinski definition) is 0. The molecule has 2 aromatic carbocycles. The van der Waals surface area contributed by atoms with E-state index in [9.17, 15) is 4.79 Å². The second-order valence-electron chi connectivity index (χ2n) is 7.83. The summed E-state index contributed by atoms with van der Waals surface area (Å²) >= 11 is 12.2. The number of nitrogens with zero attached hydrogens (tertiary/aromatic N) is 4. The minimum atomic E-state index is -0.0107. The predicted molar refractivity (Wildman–Crippen MR) is 128 cm³/mol. The average Bonchev–Trinajstić information content (AvgIpc) is 2.79. The highest BCUT2D eigenvalue weighted by atomic mass is 35.5. The Bertz CT molecular complexity index is 1110. The van der Waals surface area contributed by atoms with E-state index in [2.05, 4.69) is 15.1 Å². The summed E-state index contributed by atoms with van der Waals surface area (Å²) in [5.74, 6) is 1.51. The Hall–Kier alpha value is -2.83. The highest BCUT2D eigenvalue weighted by molar-refractivity contribution is 6.36. The van der Waals surface area contributed by atoms with Crippen LogP contribution in [0.15, 0.2) is 48.5 Å². The first kappa shape index (κ1) is 22.4. The van der Waals surface area contributed by atoms with Gasteiger partial charge in [0, 0.05) is 36.8 Å². The predicted octanol–water partition coefficient (Wildman–Crippen LogP) is 4.79. The van der Waals surface area contributed by atoms with E-state index in [1.807, 2.05) is 55.1 Å². The van der Waals surface area contributed by atoms with Crippen LogP contribution >= 0.6 is 23.2 Å². The number of anilines is 1. The Kier molecular flexibility index (Phi) is 6.82. The molecule has 0 radical (unpaired) electrons. The summed E-state index contributed by atoms with van der Waals surface area (Å²) in [5.41, 5.74) is 3.68. The Labute approximate surface area is 197 Å². The molecule has 32 heavy (non-hydrogen) atoms. The third-order valence-electron chi connectivity index (χ3n) is 5.50. The Morgan fingerprint density at radius 3 is 2.41 bits per heavy atom. The molecule has 166 valence electrons. The smallest absolute Gasteiger partial charge is 0.260 e. The first-order valence-corrected chi connectivity index (χ1v) is 11.2. The van der Waals surface area contributed by atoms with E-state index >= 15 is 0 Å². The lowest BCUT2D eigenvalue weighted by Gasteiger charge is -2.35. The molecule has 8 heteroatoms. The molecule has 6 nitrogen and oxygen atoms in total. The number of piperazine rings is 1. The van der Waals surface area contributed by atoms with Gasteiger partial charge in [-0.1, -0.05) is 40.9 Å². The van der Waals surface area contributed by atoms with Crippen molar-refractivity contribution in [3.8, 4) is 17.0 Å². The largest absolute Gasteiger partial charge is 0.484 e. The van der Waals surface area contributed by atoms with Crippen LogP contribution in [0.5, 0.6) is 5.75 Å². The third-order valence-corrected chi connectivity index (χ3v) is 6.04. The van der Waals surface area contributed by atoms with Gasteiger partial charge in [0.15, 0.2) is 12.4 Å². The van der Waals surface area contributed by atoms with Gasteiger partial charge < -0.3 is 14.5 Å². The SMILES string of the molecule is Cc1ccc(OCC(=O)N2CCN(c3ccc(-c4ccc(Cl)cc4Cl)nn3)CC2)c(C)c1. The molecule has 0 unspecified atom stereocenters. The van der Waals surface area contributed by atoms with Crippen molar-refractivity contribution in [1.82, 2.24) is 15.1 Å². The number of aromatic nitrogens is 2. The maximum absolute atomic E-state index is 12.6. The Morgan fingerprint density at radius 2 is 1.75 bits per heavy atom. The minimum Gasteiger partial charge on any atom is -0.484 e. The van der Waals surface area contributed by atoms with E-state index in [-0.39, 0.29) is 12.5 Å². The van der Waals surface area contributed by atoms with E-state index < -0.39 is 0 Å². The summed E-state index contributed by atoms with van der Waals surface area (Å²) in [6.07, 6.45) is 0. The molecule has 1 saturated heterocycles. The second kappa shape index (κ2) is 9.76. The summed E-state index contributed by atoms with van der Waals surface area (Å²) in [7, 11) is 0. The topological polar surface area (TPSA) is 58.6 Å². The molecule has 0 atom stereocenters. The molecule has 0 bridgehead atoms. The van der Waals surface area contributed by atoms with E-state index in [1.54, 1.807) is 12.1 Å². The van der Waals surface area contributed by atoms with Gasteiger partial charge in [0.25, 0.3) is 5.91 Å². The lowest BCUT2D eigenvalue weighted by molar-refractivity contribution is -0.133. The van der Waals surface area contributed by atoms with Crippen molar-refractivity contribution in [1.29, 1.82) is 0 Å². The van der Waals surface area contributed by atoms with Crippen LogP contribution in [0.25, 0.3) is 11.3 Å². The molecule has 1 aliphatic rings. The maximum Gasteiger partial charge on any atom is 0.260 e. The van der Waals surface area contributed by atoms with Gasteiger partial charge in [0.05, 0.1) is 10.7 Å². The van der Waals surface area contributed by atoms with Crippen LogP contribution in [-0.2, 0) is 4.79 Å². The fraction of sp³-hybridized carbons (Fsp3) is 0.292. The van der Waals surface area contributed by atoms with Gasteiger partial charge in [0.1, 0.15) is 5.75 Å². The monoisotopic (exact) mass is 470 g/mol. The van der Waals surface area contributed by atoms with Crippen LogP contribution in [0.4, 0.5) is 5.82 Å². The summed E-state index contributed by atoms with van der Waals surface area (Å²) < 4.78 is 5.74. The van der Waals surface area contributed by atoms with Gasteiger partial charge in [-0.3, -0.25) is 4.79 Å². The summed E-state index contributed by atoms with van der Waals surface area (Å²) in [4.78, 5) is 16.5. The maximum atomic E-state index is 12.6. The zero-order valence-electron chi connectivity index (χ0n) is 18.0. The van der Waals surface area contributed by atoms with Gasteiger partial charge in [-0.25, -0.2) is 0 Å². The number of ether oxygens (including phenoxy) is 1. The van der Waals surface area contributed by atoms with Crippen LogP contribution in [0.3, 0.4) is 0 Å². The molecule has 4 rings (SSSR count). The van der Waals surface area contributed by atoms with Gasteiger partial charge in [-0.2, -0.15) is 0 Å². The molecule has 0 saturated carbocycles. The number of halogens is 2. The minimum absolute atomic E-state index is 0.0107. The number of hydrogen-bond acceptors (Lipinski definition) is 5. The Balaban J connectivity index is 1.31. The third kappa shape index (κ3) is 5.14. The molecule has 1 fully saturated rings. The molecular formula is C24H24Cl2N4O2. The number of benzene rings is 2. The van der Waals surface area contributed by atoms with E-state index in [0.717, 1.165) is 22.7 Å². The van der Waals surface area contributed by atoms with Gasteiger partial charge >= 0.3 is 0 Å². The number of carbonyl (C=O) groups excluding carboxylic acids is 1. The first-order chi connectivity index (χ1) is 15.4. The van der Waals surface area contributed by atoms with Crippen molar-refractivity contribution in [3.63, 3.8) is 0 Å². The van der Waals surface area contributed by atoms with Crippen LogP contribution in [-0.4, -0.2) is 53.8 Å². The zero-order valence-corrected chi connectivity index (χ0v) is 19.5. The Morgan fingerprint density at radius 1 is 0.969 bits per heavy atom. The van der Waals surface area contributed by atoms with Crippen LogP contribution in [0.2, 0.25) is 10.0 Å². The molecule has 3 aromatic rings. The average molecular weight is 471 g/mol. The van der Waals surface area contributed by atoms with Crippen molar-refractivity contribution in [2.45, 2.75) is 13.8 Å². The number of rotatable bonds is 5. The molecule has 0 spiro atoms. The molecule has 0 aliphatic carbocycles. The molecule has 1 amide bonds. The first-order valence-electron chi connectivity index (χ1n) is 10.4. The van der Waals surface area contributed by atoms with Gasteiger partial charge in [-0.05, 0) is 55.8 Å². The van der Waals surface area contributed by atoms with Crippen molar-refractivity contribution in [2.75, 3.05) is 37.7 Å². The summed E-state index contributed by atoms with van der Waals surface area (Å²) in [6.45, 7) is 6.66. The standard InChI is InChI=1S/C24H24Cl2N4O2/c1-16-3-7-22(17(2)13-16)32-15-24(31)30-11-9-29(10-12-30)23-8-6-21(27-28-23)19-5-4-18(25)14-20(19)26/h3-8,13-14H,9-12,15H2,1-2H3. The summed E-state index contributed by atoms with van der Waals surface area (Å²) in [6, 6.07) is 15.1. The van der Waals surface area contributed by atoms with E-state index in [1.165, 1.54) is 5.56 Å².